The van der Waals surface area contributed by atoms with Crippen molar-refractivity contribution in [2.45, 2.75) is 13.0 Å². The van der Waals surface area contributed by atoms with Gasteiger partial charge >= 0.3 is 0 Å². The summed E-state index contributed by atoms with van der Waals surface area (Å²) in [7, 11) is 0. The van der Waals surface area contributed by atoms with Gasteiger partial charge in [-0.05, 0) is 25.1 Å². The summed E-state index contributed by atoms with van der Waals surface area (Å²) >= 11 is 0. The Labute approximate surface area is 125 Å². The van der Waals surface area contributed by atoms with Gasteiger partial charge in [0.05, 0.1) is 0 Å². The maximum atomic E-state index is 9.92. The van der Waals surface area contributed by atoms with E-state index in [0.717, 1.165) is 17.1 Å². The number of benzene rings is 2. The first-order chi connectivity index (χ1) is 10.3. The lowest BCUT2D eigenvalue weighted by Crippen LogP contribution is -2.25. The monoisotopic (exact) mass is 284 g/mol. The molecule has 3 nitrogen and oxygen atoms in total. The second-order valence-corrected chi connectivity index (χ2v) is 4.63. The van der Waals surface area contributed by atoms with Gasteiger partial charge in [0.2, 0.25) is 0 Å². The van der Waals surface area contributed by atoms with Crippen LogP contribution in [-0.4, -0.2) is 24.4 Å². The Bertz CT molecular complexity index is 564. The van der Waals surface area contributed by atoms with Crippen molar-refractivity contribution in [1.29, 1.82) is 0 Å². The second-order valence-electron chi connectivity index (χ2n) is 4.63. The zero-order valence-electron chi connectivity index (χ0n) is 12.1. The highest BCUT2D eigenvalue weighted by Gasteiger charge is 2.08. The van der Waals surface area contributed by atoms with Crippen LogP contribution in [0.25, 0.3) is 6.08 Å². The molecule has 0 amide bonds. The van der Waals surface area contributed by atoms with Gasteiger partial charge in [-0.3, -0.25) is 0 Å². The fourth-order valence-corrected chi connectivity index (χ4v) is 1.87. The van der Waals surface area contributed by atoms with Crippen molar-refractivity contribution in [2.24, 2.45) is 0 Å². The average Bonchev–Trinajstić information content (AvgIpc) is 2.53. The summed E-state index contributed by atoms with van der Waals surface area (Å²) in [6.07, 6.45) is 3.25. The molecular weight excluding hydrogens is 264 g/mol. The standard InChI is InChI=1S/C18H20O3/c1-2-8-15-9-6-7-12-18(15)21-14-16(19)13-20-17-10-4-3-5-11-17/h2-12,16,19H,13-14H2,1H3. The normalized spacial score (nSPS) is 12.3. The first-order valence-electron chi connectivity index (χ1n) is 7.00. The number of hydrogen-bond donors (Lipinski definition) is 1. The molecule has 1 unspecified atom stereocenters. The molecule has 2 aromatic carbocycles. The maximum Gasteiger partial charge on any atom is 0.126 e. The molecule has 0 saturated carbocycles. The molecule has 110 valence electrons. The third-order valence-electron chi connectivity index (χ3n) is 2.88. The molecular formula is C18H20O3. The van der Waals surface area contributed by atoms with Gasteiger partial charge in [0.1, 0.15) is 30.8 Å². The van der Waals surface area contributed by atoms with Crippen LogP contribution in [0, 0.1) is 0 Å². The summed E-state index contributed by atoms with van der Waals surface area (Å²) in [5, 5.41) is 9.92. The summed E-state index contributed by atoms with van der Waals surface area (Å²) in [5.74, 6) is 1.50. The van der Waals surface area contributed by atoms with Crippen molar-refractivity contribution in [3.05, 3.63) is 66.2 Å². The number of hydrogen-bond acceptors (Lipinski definition) is 3. The van der Waals surface area contributed by atoms with Crippen LogP contribution in [0.4, 0.5) is 0 Å². The highest BCUT2D eigenvalue weighted by molar-refractivity contribution is 5.56. The van der Waals surface area contributed by atoms with Gasteiger partial charge in [0.25, 0.3) is 0 Å². The fraction of sp³-hybridized carbons (Fsp3) is 0.222. The van der Waals surface area contributed by atoms with Crippen molar-refractivity contribution in [3.63, 3.8) is 0 Å². The summed E-state index contributed by atoms with van der Waals surface area (Å²) in [6.45, 7) is 2.36. The molecule has 0 bridgehead atoms. The molecule has 1 atom stereocenters. The van der Waals surface area contributed by atoms with E-state index in [9.17, 15) is 5.11 Å². The Hall–Kier alpha value is -2.26. The lowest BCUT2D eigenvalue weighted by Gasteiger charge is -2.14. The molecule has 2 aromatic rings. The Morgan fingerprint density at radius 3 is 2.38 bits per heavy atom. The summed E-state index contributed by atoms with van der Waals surface area (Å²) in [6, 6.07) is 17.2. The number of para-hydroxylation sites is 2. The molecule has 0 aliphatic carbocycles. The summed E-state index contributed by atoms with van der Waals surface area (Å²) in [5.41, 5.74) is 0.996. The minimum Gasteiger partial charge on any atom is -0.491 e. The predicted molar refractivity (Wildman–Crippen MR) is 84.6 cm³/mol. The number of allylic oxidation sites excluding steroid dienone is 1. The second kappa shape index (κ2) is 8.12. The fourth-order valence-electron chi connectivity index (χ4n) is 1.87. The molecule has 0 spiro atoms. The van der Waals surface area contributed by atoms with E-state index in [4.69, 9.17) is 9.47 Å². The van der Waals surface area contributed by atoms with E-state index in [1.807, 2.05) is 73.7 Å². The van der Waals surface area contributed by atoms with Crippen LogP contribution in [-0.2, 0) is 0 Å². The third-order valence-corrected chi connectivity index (χ3v) is 2.88. The SMILES string of the molecule is CC=Cc1ccccc1OCC(O)COc1ccccc1. The molecule has 21 heavy (non-hydrogen) atoms. The highest BCUT2D eigenvalue weighted by Crippen LogP contribution is 2.19. The quantitative estimate of drug-likeness (QED) is 0.845. The molecule has 0 aliphatic heterocycles. The first-order valence-corrected chi connectivity index (χ1v) is 7.00. The van der Waals surface area contributed by atoms with Gasteiger partial charge in [-0.25, -0.2) is 0 Å². The highest BCUT2D eigenvalue weighted by atomic mass is 16.5. The number of aliphatic hydroxyl groups excluding tert-OH is 1. The number of rotatable bonds is 7. The van der Waals surface area contributed by atoms with Crippen LogP contribution in [0.3, 0.4) is 0 Å². The van der Waals surface area contributed by atoms with Crippen LogP contribution < -0.4 is 9.47 Å². The first kappa shape index (κ1) is 15.1. The number of aliphatic hydroxyl groups is 1. The third kappa shape index (κ3) is 4.97. The van der Waals surface area contributed by atoms with Crippen LogP contribution >= 0.6 is 0 Å². The Kier molecular flexibility index (Phi) is 5.85. The zero-order chi connectivity index (χ0) is 14.9. The lowest BCUT2D eigenvalue weighted by molar-refractivity contribution is 0.0626. The van der Waals surface area contributed by atoms with Crippen molar-refractivity contribution >= 4 is 6.08 Å². The molecule has 0 aromatic heterocycles. The van der Waals surface area contributed by atoms with Crippen molar-refractivity contribution in [3.8, 4) is 11.5 Å². The van der Waals surface area contributed by atoms with Crippen LogP contribution in [0.5, 0.6) is 11.5 Å². The van der Waals surface area contributed by atoms with Crippen LogP contribution in [0.2, 0.25) is 0 Å². The van der Waals surface area contributed by atoms with Crippen LogP contribution in [0.1, 0.15) is 12.5 Å². The van der Waals surface area contributed by atoms with Gasteiger partial charge in [0, 0.05) is 5.56 Å². The van der Waals surface area contributed by atoms with E-state index in [1.165, 1.54) is 0 Å². The molecule has 1 N–H and O–H groups in total. The van der Waals surface area contributed by atoms with Gasteiger partial charge in [-0.1, -0.05) is 48.6 Å². The summed E-state index contributed by atoms with van der Waals surface area (Å²) in [4.78, 5) is 0. The largest absolute Gasteiger partial charge is 0.491 e. The van der Waals surface area contributed by atoms with Crippen LogP contribution in [0.15, 0.2) is 60.7 Å². The van der Waals surface area contributed by atoms with E-state index in [-0.39, 0.29) is 13.2 Å². The molecule has 2 rings (SSSR count). The Morgan fingerprint density at radius 1 is 0.952 bits per heavy atom. The smallest absolute Gasteiger partial charge is 0.126 e. The van der Waals surface area contributed by atoms with Gasteiger partial charge in [-0.2, -0.15) is 0 Å². The van der Waals surface area contributed by atoms with E-state index in [1.54, 1.807) is 0 Å². The van der Waals surface area contributed by atoms with E-state index in [2.05, 4.69) is 0 Å². The van der Waals surface area contributed by atoms with Gasteiger partial charge in [-0.15, -0.1) is 0 Å². The molecule has 0 radical (unpaired) electrons. The van der Waals surface area contributed by atoms with E-state index < -0.39 is 6.10 Å². The molecule has 0 fully saturated rings. The van der Waals surface area contributed by atoms with Crippen molar-refractivity contribution < 1.29 is 14.6 Å². The lowest BCUT2D eigenvalue weighted by atomic mass is 10.2. The molecule has 3 heteroatoms. The zero-order valence-corrected chi connectivity index (χ0v) is 12.1. The Balaban J connectivity index is 1.82. The molecule has 0 heterocycles. The van der Waals surface area contributed by atoms with E-state index >= 15 is 0 Å². The maximum absolute atomic E-state index is 9.92. The Morgan fingerprint density at radius 2 is 1.62 bits per heavy atom. The minimum absolute atomic E-state index is 0.196. The molecule has 0 saturated heterocycles. The van der Waals surface area contributed by atoms with Crippen molar-refractivity contribution in [2.75, 3.05) is 13.2 Å². The number of ether oxygens (including phenoxy) is 2. The van der Waals surface area contributed by atoms with Crippen molar-refractivity contribution in [1.82, 2.24) is 0 Å². The predicted octanol–water partition coefficient (Wildman–Crippen LogP) is 3.54. The summed E-state index contributed by atoms with van der Waals surface area (Å²) < 4.78 is 11.1. The van der Waals surface area contributed by atoms with Gasteiger partial charge < -0.3 is 14.6 Å². The van der Waals surface area contributed by atoms with Gasteiger partial charge in [0.15, 0.2) is 0 Å². The minimum atomic E-state index is -0.677. The molecule has 0 aliphatic rings. The topological polar surface area (TPSA) is 38.7 Å². The van der Waals surface area contributed by atoms with E-state index in [0.29, 0.717) is 0 Å². The average molecular weight is 284 g/mol.